The molecule has 0 spiro atoms. The van der Waals surface area contributed by atoms with Crippen LogP contribution in [0.15, 0.2) is 30.8 Å². The largest absolute Gasteiger partial charge is 0.394 e. The first-order valence-corrected chi connectivity index (χ1v) is 5.56. The molecule has 1 rings (SSSR count). The highest BCUT2D eigenvalue weighted by atomic mass is 16.4. The lowest BCUT2D eigenvalue weighted by atomic mass is 9.97. The van der Waals surface area contributed by atoms with Gasteiger partial charge in [-0.25, -0.2) is 0 Å². The summed E-state index contributed by atoms with van der Waals surface area (Å²) in [4.78, 5) is 0. The van der Waals surface area contributed by atoms with E-state index in [1.54, 1.807) is 30.3 Å². The van der Waals surface area contributed by atoms with Gasteiger partial charge in [-0.2, -0.15) is 0 Å². The van der Waals surface area contributed by atoms with Gasteiger partial charge >= 0.3 is 0 Å². The molecule has 0 aliphatic carbocycles. The van der Waals surface area contributed by atoms with Crippen LogP contribution in [0.1, 0.15) is 17.2 Å². The van der Waals surface area contributed by atoms with Gasteiger partial charge in [0.2, 0.25) is 0 Å². The maximum absolute atomic E-state index is 9.84. The molecule has 18 heavy (non-hydrogen) atoms. The van der Waals surface area contributed by atoms with Crippen molar-refractivity contribution in [3.05, 3.63) is 42.0 Å². The second-order valence-corrected chi connectivity index (χ2v) is 4.05. The van der Waals surface area contributed by atoms with Crippen LogP contribution in [0.2, 0.25) is 0 Å². The maximum atomic E-state index is 9.84. The molecule has 100 valence electrons. The first kappa shape index (κ1) is 14.8. The molecule has 0 amide bonds. The van der Waals surface area contributed by atoms with E-state index in [-0.39, 0.29) is 0 Å². The van der Waals surface area contributed by atoms with E-state index in [1.165, 1.54) is 0 Å². The number of aliphatic hydroxyl groups excluding tert-OH is 5. The summed E-state index contributed by atoms with van der Waals surface area (Å²) in [5.74, 6) is 0. The average Bonchev–Trinajstić information content (AvgIpc) is 2.44. The molecule has 0 saturated carbocycles. The molecule has 0 radical (unpaired) electrons. The van der Waals surface area contributed by atoms with Crippen molar-refractivity contribution in [2.24, 2.45) is 0 Å². The fraction of sp³-hybridized carbons (Fsp3) is 0.385. The van der Waals surface area contributed by atoms with Crippen LogP contribution in [0, 0.1) is 0 Å². The van der Waals surface area contributed by atoms with Gasteiger partial charge in [-0.1, -0.05) is 36.9 Å². The zero-order chi connectivity index (χ0) is 13.7. The van der Waals surface area contributed by atoms with Crippen LogP contribution in [0.25, 0.3) is 6.08 Å². The molecule has 1 aromatic carbocycles. The van der Waals surface area contributed by atoms with Crippen molar-refractivity contribution in [1.82, 2.24) is 0 Å². The number of hydrogen-bond donors (Lipinski definition) is 5. The molecule has 4 unspecified atom stereocenters. The Morgan fingerprint density at radius 1 is 1.00 bits per heavy atom. The van der Waals surface area contributed by atoms with Crippen LogP contribution in [0.3, 0.4) is 0 Å². The fourth-order valence-corrected chi connectivity index (χ4v) is 1.55. The Balaban J connectivity index is 2.78. The van der Waals surface area contributed by atoms with E-state index in [1.807, 2.05) is 0 Å². The molecule has 5 nitrogen and oxygen atoms in total. The predicted molar refractivity (Wildman–Crippen MR) is 66.6 cm³/mol. The Kier molecular flexibility index (Phi) is 5.46. The van der Waals surface area contributed by atoms with Crippen LogP contribution in [-0.4, -0.2) is 50.5 Å². The van der Waals surface area contributed by atoms with E-state index in [0.717, 1.165) is 5.56 Å². The number of benzene rings is 1. The third-order valence-corrected chi connectivity index (χ3v) is 2.77. The molecule has 4 atom stereocenters. The summed E-state index contributed by atoms with van der Waals surface area (Å²) < 4.78 is 0. The predicted octanol–water partition coefficient (Wildman–Crippen LogP) is -0.562. The zero-order valence-corrected chi connectivity index (χ0v) is 9.85. The van der Waals surface area contributed by atoms with Gasteiger partial charge in [0, 0.05) is 0 Å². The lowest BCUT2D eigenvalue weighted by Crippen LogP contribution is -2.42. The van der Waals surface area contributed by atoms with Gasteiger partial charge < -0.3 is 25.5 Å². The molecular weight excluding hydrogens is 236 g/mol. The number of rotatable bonds is 6. The van der Waals surface area contributed by atoms with Crippen LogP contribution in [0.4, 0.5) is 0 Å². The Morgan fingerprint density at radius 3 is 2.00 bits per heavy atom. The zero-order valence-electron chi connectivity index (χ0n) is 9.85. The Bertz CT molecular complexity index is 375. The molecule has 0 heterocycles. The third-order valence-electron chi connectivity index (χ3n) is 2.77. The van der Waals surface area contributed by atoms with Crippen molar-refractivity contribution >= 4 is 6.08 Å². The summed E-state index contributed by atoms with van der Waals surface area (Å²) in [6.45, 7) is 2.90. The molecule has 0 aromatic heterocycles. The molecule has 5 heteroatoms. The van der Waals surface area contributed by atoms with Crippen LogP contribution < -0.4 is 0 Å². The van der Waals surface area contributed by atoms with Crippen molar-refractivity contribution in [3.8, 4) is 0 Å². The second kappa shape index (κ2) is 6.63. The SMILES string of the molecule is C=Cc1ccc(C(O)C(O)C(O)C(O)CO)cc1. The molecule has 0 fully saturated rings. The number of hydrogen-bond acceptors (Lipinski definition) is 5. The van der Waals surface area contributed by atoms with Gasteiger partial charge in [0.1, 0.15) is 24.4 Å². The van der Waals surface area contributed by atoms with E-state index in [0.29, 0.717) is 5.56 Å². The van der Waals surface area contributed by atoms with E-state index in [9.17, 15) is 20.4 Å². The molecule has 0 aliphatic heterocycles. The van der Waals surface area contributed by atoms with Crippen molar-refractivity contribution in [2.75, 3.05) is 6.61 Å². The standard InChI is InChI=1S/C13H18O5/c1-2-8-3-5-9(6-4-8)11(16)13(18)12(17)10(15)7-14/h2-6,10-18H,1,7H2. The second-order valence-electron chi connectivity index (χ2n) is 4.05. The lowest BCUT2D eigenvalue weighted by Gasteiger charge is -2.25. The maximum Gasteiger partial charge on any atom is 0.113 e. The van der Waals surface area contributed by atoms with E-state index < -0.39 is 31.0 Å². The molecule has 0 aliphatic rings. The van der Waals surface area contributed by atoms with Crippen LogP contribution in [0.5, 0.6) is 0 Å². The van der Waals surface area contributed by atoms with Crippen molar-refractivity contribution < 1.29 is 25.5 Å². The lowest BCUT2D eigenvalue weighted by molar-refractivity contribution is -0.116. The number of aliphatic hydroxyl groups is 5. The van der Waals surface area contributed by atoms with Gasteiger partial charge in [0.25, 0.3) is 0 Å². The van der Waals surface area contributed by atoms with Crippen LogP contribution in [-0.2, 0) is 0 Å². The molecule has 1 aromatic rings. The Hall–Kier alpha value is -1.24. The minimum absolute atomic E-state index is 0.400. The van der Waals surface area contributed by atoms with Gasteiger partial charge in [-0.3, -0.25) is 0 Å². The molecule has 0 bridgehead atoms. The van der Waals surface area contributed by atoms with E-state index in [2.05, 4.69) is 6.58 Å². The van der Waals surface area contributed by atoms with Crippen molar-refractivity contribution in [2.45, 2.75) is 24.4 Å². The summed E-state index contributed by atoms with van der Waals surface area (Å²) in [5, 5.41) is 46.8. The fourth-order valence-electron chi connectivity index (χ4n) is 1.55. The average molecular weight is 254 g/mol. The van der Waals surface area contributed by atoms with E-state index in [4.69, 9.17) is 5.11 Å². The summed E-state index contributed by atoms with van der Waals surface area (Å²) in [6, 6.07) is 6.58. The monoisotopic (exact) mass is 254 g/mol. The smallest absolute Gasteiger partial charge is 0.113 e. The minimum Gasteiger partial charge on any atom is -0.394 e. The highest BCUT2D eigenvalue weighted by Crippen LogP contribution is 2.21. The molecule has 0 saturated heterocycles. The van der Waals surface area contributed by atoms with Crippen LogP contribution >= 0.6 is 0 Å². The topological polar surface area (TPSA) is 101 Å². The summed E-state index contributed by atoms with van der Waals surface area (Å²) in [6.07, 6.45) is -4.41. The molecular formula is C13H18O5. The third kappa shape index (κ3) is 3.38. The van der Waals surface area contributed by atoms with Crippen molar-refractivity contribution in [1.29, 1.82) is 0 Å². The highest BCUT2D eigenvalue weighted by Gasteiger charge is 2.30. The quantitative estimate of drug-likeness (QED) is 0.468. The van der Waals surface area contributed by atoms with E-state index >= 15 is 0 Å². The van der Waals surface area contributed by atoms with Gasteiger partial charge in [-0.05, 0) is 11.1 Å². The summed E-state index contributed by atoms with van der Waals surface area (Å²) >= 11 is 0. The highest BCUT2D eigenvalue weighted by molar-refractivity contribution is 5.47. The summed E-state index contributed by atoms with van der Waals surface area (Å²) in [7, 11) is 0. The molecule has 5 N–H and O–H groups in total. The summed E-state index contributed by atoms with van der Waals surface area (Å²) in [5.41, 5.74) is 1.26. The van der Waals surface area contributed by atoms with Gasteiger partial charge in [-0.15, -0.1) is 0 Å². The Morgan fingerprint density at radius 2 is 1.56 bits per heavy atom. The normalized spacial score (nSPS) is 17.8. The Labute approximate surface area is 105 Å². The first-order valence-electron chi connectivity index (χ1n) is 5.56. The van der Waals surface area contributed by atoms with Gasteiger partial charge in [0.15, 0.2) is 0 Å². The first-order chi connectivity index (χ1) is 8.51. The minimum atomic E-state index is -1.62. The van der Waals surface area contributed by atoms with Gasteiger partial charge in [0.05, 0.1) is 6.61 Å². The van der Waals surface area contributed by atoms with Crippen molar-refractivity contribution in [3.63, 3.8) is 0 Å².